The summed E-state index contributed by atoms with van der Waals surface area (Å²) in [5.41, 5.74) is 7.08. The highest BCUT2D eigenvalue weighted by atomic mass is 16.5. The minimum atomic E-state index is 0.705. The first kappa shape index (κ1) is 8.53. The van der Waals surface area contributed by atoms with Crippen LogP contribution in [0.3, 0.4) is 0 Å². The maximum Gasteiger partial charge on any atom is 0.0709 e. The molecule has 2 rings (SSSR count). The summed E-state index contributed by atoms with van der Waals surface area (Å²) in [7, 11) is 1.73. The molecule has 0 saturated heterocycles. The van der Waals surface area contributed by atoms with Gasteiger partial charge < -0.3 is 4.74 Å². The Hall–Kier alpha value is -1.06. The molecule has 0 aromatic rings. The molecule has 0 bridgehead atoms. The van der Waals surface area contributed by atoms with Crippen molar-refractivity contribution in [1.29, 1.82) is 0 Å². The zero-order chi connectivity index (χ0) is 9.26. The van der Waals surface area contributed by atoms with E-state index in [9.17, 15) is 0 Å². The van der Waals surface area contributed by atoms with E-state index in [4.69, 9.17) is 4.74 Å². The second-order valence-corrected chi connectivity index (χ2v) is 3.26. The van der Waals surface area contributed by atoms with Crippen LogP contribution in [0.2, 0.25) is 0 Å². The van der Waals surface area contributed by atoms with E-state index < -0.39 is 0 Å². The lowest BCUT2D eigenvalue weighted by atomic mass is 10.2. The van der Waals surface area contributed by atoms with Crippen molar-refractivity contribution in [2.24, 2.45) is 0 Å². The molecule has 3 nitrogen and oxygen atoms in total. The van der Waals surface area contributed by atoms with Crippen LogP contribution in [0.15, 0.2) is 35.2 Å². The number of methoxy groups -OCH3 is 1. The van der Waals surface area contributed by atoms with Crippen LogP contribution >= 0.6 is 0 Å². The van der Waals surface area contributed by atoms with Crippen molar-refractivity contribution in [3.05, 3.63) is 35.2 Å². The summed E-state index contributed by atoms with van der Waals surface area (Å²) in [5, 5.41) is 2.11. The van der Waals surface area contributed by atoms with Gasteiger partial charge in [-0.3, -0.25) is 5.01 Å². The van der Waals surface area contributed by atoms with E-state index in [0.29, 0.717) is 6.61 Å². The second-order valence-electron chi connectivity index (χ2n) is 3.26. The summed E-state index contributed by atoms with van der Waals surface area (Å²) in [6, 6.07) is 0. The first-order valence-corrected chi connectivity index (χ1v) is 4.42. The maximum atomic E-state index is 5.13. The average molecular weight is 178 g/mol. The number of fused-ring (bicyclic) bond motifs is 1. The van der Waals surface area contributed by atoms with Gasteiger partial charge in [0.2, 0.25) is 0 Å². The van der Waals surface area contributed by atoms with E-state index in [2.05, 4.69) is 35.6 Å². The molecular weight excluding hydrogens is 164 g/mol. The number of ether oxygens (including phenoxy) is 1. The Kier molecular flexibility index (Phi) is 2.20. The number of hydrazine groups is 1. The van der Waals surface area contributed by atoms with Crippen LogP contribution in [0.1, 0.15) is 6.92 Å². The Morgan fingerprint density at radius 1 is 1.62 bits per heavy atom. The summed E-state index contributed by atoms with van der Waals surface area (Å²) >= 11 is 0. The van der Waals surface area contributed by atoms with Crippen LogP contribution in [-0.4, -0.2) is 25.3 Å². The molecule has 2 aliphatic rings. The largest absolute Gasteiger partial charge is 0.380 e. The molecular formula is C10H14N2O. The van der Waals surface area contributed by atoms with Gasteiger partial charge in [0.15, 0.2) is 0 Å². The van der Waals surface area contributed by atoms with Crippen LogP contribution in [0, 0.1) is 0 Å². The number of hydrogen-bond donors (Lipinski definition) is 1. The van der Waals surface area contributed by atoms with Crippen LogP contribution < -0.4 is 5.43 Å². The average Bonchev–Trinajstić information content (AvgIpc) is 2.51. The Balaban J connectivity index is 2.26. The maximum absolute atomic E-state index is 5.13. The predicted molar refractivity (Wildman–Crippen MR) is 51.6 cm³/mol. The normalized spacial score (nSPS) is 20.8. The molecule has 3 heteroatoms. The van der Waals surface area contributed by atoms with Crippen molar-refractivity contribution in [3.63, 3.8) is 0 Å². The fraction of sp³-hybridized carbons (Fsp3) is 0.400. The number of rotatable bonds is 2. The van der Waals surface area contributed by atoms with Crippen LogP contribution in [0.4, 0.5) is 0 Å². The standard InChI is InChI=1S/C10H14N2O/c1-8-4-3-5-10-9(7-13-2)6-11-12(8)10/h3-5,11H,6-7H2,1-2H3. The number of nitrogens with one attached hydrogen (secondary N) is 1. The fourth-order valence-corrected chi connectivity index (χ4v) is 1.67. The van der Waals surface area contributed by atoms with Crippen molar-refractivity contribution < 1.29 is 4.74 Å². The van der Waals surface area contributed by atoms with Crippen LogP contribution in [-0.2, 0) is 4.74 Å². The number of allylic oxidation sites excluding steroid dienone is 4. The Morgan fingerprint density at radius 2 is 2.46 bits per heavy atom. The van der Waals surface area contributed by atoms with E-state index >= 15 is 0 Å². The fourth-order valence-electron chi connectivity index (χ4n) is 1.67. The Labute approximate surface area is 78.3 Å². The van der Waals surface area contributed by atoms with Crippen molar-refractivity contribution in [2.45, 2.75) is 6.92 Å². The quantitative estimate of drug-likeness (QED) is 0.687. The molecule has 0 atom stereocenters. The highest BCUT2D eigenvalue weighted by molar-refractivity contribution is 5.38. The first-order valence-electron chi connectivity index (χ1n) is 4.42. The van der Waals surface area contributed by atoms with Crippen molar-refractivity contribution >= 4 is 0 Å². The van der Waals surface area contributed by atoms with Crippen molar-refractivity contribution in [3.8, 4) is 0 Å². The Morgan fingerprint density at radius 3 is 3.23 bits per heavy atom. The van der Waals surface area contributed by atoms with Gasteiger partial charge >= 0.3 is 0 Å². The molecule has 0 amide bonds. The van der Waals surface area contributed by atoms with Crippen LogP contribution in [0.25, 0.3) is 0 Å². The van der Waals surface area contributed by atoms with E-state index in [1.165, 1.54) is 17.0 Å². The van der Waals surface area contributed by atoms with Crippen LogP contribution in [0.5, 0.6) is 0 Å². The lowest BCUT2D eigenvalue weighted by molar-refractivity contribution is 0.224. The molecule has 13 heavy (non-hydrogen) atoms. The van der Waals surface area contributed by atoms with E-state index in [1.54, 1.807) is 7.11 Å². The highest BCUT2D eigenvalue weighted by Crippen LogP contribution is 2.24. The zero-order valence-corrected chi connectivity index (χ0v) is 8.00. The van der Waals surface area contributed by atoms with Gasteiger partial charge in [0, 0.05) is 19.4 Å². The van der Waals surface area contributed by atoms with Gasteiger partial charge in [0.1, 0.15) is 0 Å². The third-order valence-corrected chi connectivity index (χ3v) is 2.32. The molecule has 0 saturated carbocycles. The minimum Gasteiger partial charge on any atom is -0.380 e. The Bertz CT molecular complexity index is 302. The van der Waals surface area contributed by atoms with Gasteiger partial charge in [-0.15, -0.1) is 0 Å². The third-order valence-electron chi connectivity index (χ3n) is 2.32. The summed E-state index contributed by atoms with van der Waals surface area (Å²) in [6.07, 6.45) is 6.28. The van der Waals surface area contributed by atoms with Crippen molar-refractivity contribution in [2.75, 3.05) is 20.3 Å². The molecule has 0 radical (unpaired) electrons. The van der Waals surface area contributed by atoms with E-state index in [-0.39, 0.29) is 0 Å². The lowest BCUT2D eigenvalue weighted by Gasteiger charge is -2.23. The molecule has 1 N–H and O–H groups in total. The molecule has 2 heterocycles. The van der Waals surface area contributed by atoms with E-state index in [1.807, 2.05) is 0 Å². The molecule has 0 aromatic carbocycles. The van der Waals surface area contributed by atoms with Gasteiger partial charge in [-0.05, 0) is 24.6 Å². The molecule has 70 valence electrons. The predicted octanol–water partition coefficient (Wildman–Crippen LogP) is 1.18. The zero-order valence-electron chi connectivity index (χ0n) is 8.00. The highest BCUT2D eigenvalue weighted by Gasteiger charge is 2.22. The van der Waals surface area contributed by atoms with Gasteiger partial charge in [-0.2, -0.15) is 0 Å². The smallest absolute Gasteiger partial charge is 0.0709 e. The van der Waals surface area contributed by atoms with Gasteiger partial charge in [0.25, 0.3) is 0 Å². The summed E-state index contributed by atoms with van der Waals surface area (Å²) in [5.74, 6) is 0. The molecule has 0 aliphatic carbocycles. The van der Waals surface area contributed by atoms with Crippen molar-refractivity contribution in [1.82, 2.24) is 10.4 Å². The molecule has 0 spiro atoms. The summed E-state index contributed by atoms with van der Waals surface area (Å²) < 4.78 is 5.13. The minimum absolute atomic E-state index is 0.705. The molecule has 0 unspecified atom stereocenters. The number of hydrogen-bond acceptors (Lipinski definition) is 3. The second kappa shape index (κ2) is 3.36. The molecule has 0 fully saturated rings. The lowest BCUT2D eigenvalue weighted by Crippen LogP contribution is -2.30. The van der Waals surface area contributed by atoms with Gasteiger partial charge in [-0.1, -0.05) is 6.08 Å². The SMILES string of the molecule is COCC1=C2C=CC=C(C)N2NC1. The van der Waals surface area contributed by atoms with Gasteiger partial charge in [0.05, 0.1) is 12.3 Å². The molecule has 0 aromatic heterocycles. The van der Waals surface area contributed by atoms with E-state index in [0.717, 1.165) is 6.54 Å². The number of nitrogens with zero attached hydrogens (tertiary/aromatic N) is 1. The third kappa shape index (κ3) is 1.41. The molecule has 2 aliphatic heterocycles. The monoisotopic (exact) mass is 178 g/mol. The van der Waals surface area contributed by atoms with Gasteiger partial charge in [-0.25, -0.2) is 5.43 Å². The topological polar surface area (TPSA) is 24.5 Å². The summed E-state index contributed by atoms with van der Waals surface area (Å²) in [4.78, 5) is 0. The summed E-state index contributed by atoms with van der Waals surface area (Å²) in [6.45, 7) is 3.68. The first-order chi connectivity index (χ1) is 6.33.